The number of esters is 1. The number of aliphatic carboxylic acids is 4. The highest BCUT2D eigenvalue weighted by Gasteiger charge is 2.50. The summed E-state index contributed by atoms with van der Waals surface area (Å²) in [5, 5.41) is 79.4. The molecule has 742 valence electrons. The van der Waals surface area contributed by atoms with Gasteiger partial charge in [-0.15, -0.1) is 0 Å². The normalized spacial score (nSPS) is 24.4. The van der Waals surface area contributed by atoms with E-state index in [0.29, 0.717) is 96.4 Å². The lowest BCUT2D eigenvalue weighted by atomic mass is 9.73. The molecule has 0 unspecified atom stereocenters. The summed E-state index contributed by atoms with van der Waals surface area (Å²) in [6.07, 6.45) is 26.9. The molecule has 28 nitrogen and oxygen atoms in total. The number of halogens is 1. The Bertz CT molecular complexity index is 4120. The molecular weight excluding hydrogens is 1720 g/mol. The molecule has 8 aliphatic rings. The summed E-state index contributed by atoms with van der Waals surface area (Å²) < 4.78 is 76.3. The number of benzene rings is 4. The Hall–Kier alpha value is -9.03. The maximum Gasteiger partial charge on any atom is 0.508 e. The van der Waals surface area contributed by atoms with Crippen LogP contribution in [0.25, 0.3) is 0 Å². The largest absolute Gasteiger partial charge is 0.508 e. The van der Waals surface area contributed by atoms with Crippen LogP contribution >= 0.6 is 0 Å². The first-order valence-corrected chi connectivity index (χ1v) is 49.5. The molecule has 0 amide bonds. The number of fused-ring (bicyclic) bond motifs is 8. The van der Waals surface area contributed by atoms with E-state index in [2.05, 4.69) is 52.0 Å². The number of carbonyl (C=O) groups excluding carboxylic acids is 4. The minimum Gasteiger partial charge on any atom is -0.482 e. The Balaban J connectivity index is 0.000000199. The Kier molecular flexibility index (Phi) is 45.7. The number of carboxylic acids is 4. The van der Waals surface area contributed by atoms with Gasteiger partial charge >= 0.3 is 48.3 Å². The van der Waals surface area contributed by atoms with Crippen LogP contribution < -0.4 is 18.9 Å². The zero-order valence-corrected chi connectivity index (χ0v) is 79.4. The molecule has 8 aliphatic carbocycles. The van der Waals surface area contributed by atoms with Gasteiger partial charge in [0.2, 0.25) is 0 Å². The molecule has 20 atom stereocenters. The monoisotopic (exact) mass is 1870 g/mol. The van der Waals surface area contributed by atoms with Crippen molar-refractivity contribution in [3.05, 3.63) is 117 Å². The summed E-state index contributed by atoms with van der Waals surface area (Å²) in [6.45, 7) is 10.5. The van der Waals surface area contributed by atoms with Gasteiger partial charge in [-0.2, -0.15) is 0 Å². The van der Waals surface area contributed by atoms with E-state index >= 15 is 0 Å². The summed E-state index contributed by atoms with van der Waals surface area (Å²) in [4.78, 5) is 91.3. The second-order valence-electron chi connectivity index (χ2n) is 37.7. The van der Waals surface area contributed by atoms with E-state index in [9.17, 15) is 63.2 Å². The zero-order valence-electron chi connectivity index (χ0n) is 79.4. The number of methoxy groups -OCH3 is 1. The number of carboxylic acid groups (broad SMARTS) is 4. The topological polar surface area (TPSA) is 409 Å². The van der Waals surface area contributed by atoms with Crippen molar-refractivity contribution >= 4 is 48.3 Å². The van der Waals surface area contributed by atoms with Crippen molar-refractivity contribution in [2.75, 3.05) is 66.6 Å². The number of carbonyl (C=O) groups is 8. The summed E-state index contributed by atoms with van der Waals surface area (Å²) in [5.74, 6) is 1.59. The average molecular weight is 1870 g/mol. The molecule has 0 aromatic heterocycles. The van der Waals surface area contributed by atoms with Gasteiger partial charge in [0.05, 0.1) is 38.1 Å². The Morgan fingerprint density at radius 2 is 0.624 bits per heavy atom. The summed E-state index contributed by atoms with van der Waals surface area (Å²) >= 11 is 0. The van der Waals surface area contributed by atoms with E-state index in [0.717, 1.165) is 246 Å². The van der Waals surface area contributed by atoms with E-state index in [4.69, 9.17) is 77.3 Å². The van der Waals surface area contributed by atoms with Crippen molar-refractivity contribution in [2.45, 2.75) is 322 Å². The highest BCUT2D eigenvalue weighted by molar-refractivity contribution is 5.71. The van der Waals surface area contributed by atoms with Crippen molar-refractivity contribution in [1.29, 1.82) is 0 Å². The second kappa shape index (κ2) is 56.5. The molecule has 133 heavy (non-hydrogen) atoms. The molecule has 0 aliphatic heterocycles. The third kappa shape index (κ3) is 33.4. The van der Waals surface area contributed by atoms with E-state index in [1.807, 2.05) is 55.5 Å². The van der Waals surface area contributed by atoms with Gasteiger partial charge in [-0.05, 0) is 333 Å². The summed E-state index contributed by atoms with van der Waals surface area (Å²) in [6, 6.07) is 23.2. The van der Waals surface area contributed by atoms with Crippen LogP contribution in [-0.4, -0.2) is 205 Å². The van der Waals surface area contributed by atoms with Crippen LogP contribution in [0.1, 0.15) is 266 Å². The van der Waals surface area contributed by atoms with Crippen molar-refractivity contribution in [3.8, 4) is 23.0 Å². The molecule has 0 saturated heterocycles. The lowest BCUT2D eigenvalue weighted by molar-refractivity contribution is -0.155. The minimum absolute atomic E-state index is 0.0133. The van der Waals surface area contributed by atoms with E-state index in [-0.39, 0.29) is 112 Å². The first-order valence-electron chi connectivity index (χ1n) is 49.5. The van der Waals surface area contributed by atoms with E-state index in [1.54, 1.807) is 6.92 Å². The van der Waals surface area contributed by atoms with Gasteiger partial charge < -0.3 is 97.7 Å². The van der Waals surface area contributed by atoms with Crippen molar-refractivity contribution < 1.29 is 140 Å². The van der Waals surface area contributed by atoms with Crippen LogP contribution in [-0.2, 0) is 113 Å². The SMILES string of the molecule is CCCCC[C@@H](CC[C@@H]1[C@H]2Cc3cccc(OCC(=O)O)c3C[C@H]2C[C@H]1O)OC(=O)COCC.CCCCC[C@@H](CC[C@@H]1[C@H]2Cc3cccc(OCC(=O)O)c3C[C@H]2C[C@H]1O)OC(=O)OC.CCCCC[C@@H](CC[C@@H]1[C@H]2Cc3cccc(OCC(=O)O)c3C[C@H]2C[C@H]1O)OC(=O)OCC.CCCCC[C@@H](CC[C@@H]1[C@H]2Cc3cccc(OCC(=O)O)c3C[C@H]2C[C@H]1O)OC(=O)OCCF. The van der Waals surface area contributed by atoms with Crippen LogP contribution in [0.15, 0.2) is 72.8 Å². The van der Waals surface area contributed by atoms with Gasteiger partial charge in [0, 0.05) is 6.61 Å². The highest BCUT2D eigenvalue weighted by atomic mass is 19.1. The molecule has 0 heterocycles. The fraction of sp³-hybridized carbons (Fsp3) is 0.692. The number of rotatable bonds is 50. The third-order valence-corrected chi connectivity index (χ3v) is 28.8. The maximum absolute atomic E-state index is 12.3. The number of hydrogen-bond acceptors (Lipinski definition) is 24. The van der Waals surface area contributed by atoms with Gasteiger partial charge in [-0.1, -0.05) is 128 Å². The number of hydrogen-bond donors (Lipinski definition) is 8. The number of ether oxygens (including phenoxy) is 12. The number of aliphatic hydroxyl groups is 4. The first-order chi connectivity index (χ1) is 64.2. The van der Waals surface area contributed by atoms with Gasteiger partial charge in [-0.3, -0.25) is 0 Å². The van der Waals surface area contributed by atoms with Crippen LogP contribution in [0.3, 0.4) is 0 Å². The van der Waals surface area contributed by atoms with Crippen molar-refractivity contribution in [1.82, 2.24) is 0 Å². The van der Waals surface area contributed by atoms with Crippen LogP contribution in [0.5, 0.6) is 23.0 Å². The summed E-state index contributed by atoms with van der Waals surface area (Å²) in [7, 11) is 1.32. The molecule has 4 aromatic carbocycles. The first kappa shape index (κ1) is 108. The van der Waals surface area contributed by atoms with Gasteiger partial charge in [0.15, 0.2) is 26.4 Å². The van der Waals surface area contributed by atoms with Crippen molar-refractivity contribution in [2.24, 2.45) is 71.0 Å². The molecule has 0 radical (unpaired) electrons. The Morgan fingerprint density at radius 3 is 0.880 bits per heavy atom. The third-order valence-electron chi connectivity index (χ3n) is 28.8. The predicted molar refractivity (Wildman–Crippen MR) is 494 cm³/mol. The smallest absolute Gasteiger partial charge is 0.482 e. The van der Waals surface area contributed by atoms with Gasteiger partial charge in [-0.25, -0.2) is 42.7 Å². The Morgan fingerprint density at radius 1 is 0.346 bits per heavy atom. The van der Waals surface area contributed by atoms with Crippen LogP contribution in [0, 0.1) is 71.0 Å². The molecule has 0 spiro atoms. The predicted octanol–water partition coefficient (Wildman–Crippen LogP) is 18.0. The molecule has 4 saturated carbocycles. The van der Waals surface area contributed by atoms with E-state index < -0.39 is 55.1 Å². The molecule has 8 N–H and O–H groups in total. The maximum atomic E-state index is 12.3. The standard InChI is InChI=1S/C27H40O7.C26H37FO7.C26H38O7.C25H36O7/c1-3-5-6-9-20(34-27(31)17-32-4-2)11-12-21-22-13-18-8-7-10-25(33-16-26(29)30)23(18)14-19(22)15-24(21)28;1-2-3-4-7-19(34-26(31)32-12-11-27)9-10-20-21-13-17-6-5-8-24(33-16-25(29)30)22(17)14-18(21)15-23(20)28;1-3-5-6-9-19(33-26(30)31-4-2)11-12-20-21-13-17-8-7-10-24(32-16-25(28)29)22(17)14-18(21)15-23(20)27;1-3-4-5-8-18(32-25(29)30-2)10-11-19-20-12-16-7-6-9-23(31-15-24(27)28)21(16)13-17(20)14-22(19)26/h7-8,10,19-22,24,28H,3-6,9,11-17H2,1-2H3,(H,29,30);5-6,8,18-21,23,28H,2-4,7,9-16H2,1H3,(H,29,30);7-8,10,18-21,23,27H,3-6,9,11-16H2,1-2H3,(H,28,29);6-7,9,17-20,22,26H,3-5,8,10-15H2,1-2H3,(H,27,28)/t19-,20-,21+,22-,24+;2*18-,19-,20+,21-,23+;17-,18-,19+,20-,22+/m0000/s1. The minimum atomic E-state index is -1.01. The highest BCUT2D eigenvalue weighted by Crippen LogP contribution is 2.54. The Labute approximate surface area is 784 Å². The van der Waals surface area contributed by atoms with Crippen LogP contribution in [0.2, 0.25) is 0 Å². The molecule has 12 rings (SSSR count). The molecule has 4 aromatic rings. The van der Waals surface area contributed by atoms with E-state index in [1.165, 1.54) is 23.8 Å². The number of alkyl halides is 1. The second-order valence-corrected chi connectivity index (χ2v) is 37.7. The number of aliphatic hydroxyl groups excluding tert-OH is 4. The van der Waals surface area contributed by atoms with Gasteiger partial charge in [0.1, 0.15) is 67.3 Å². The lowest BCUT2D eigenvalue weighted by Crippen LogP contribution is -2.29. The fourth-order valence-electron chi connectivity index (χ4n) is 22.5. The average Bonchev–Trinajstić information content (AvgIpc) is 1.63. The molecule has 0 bridgehead atoms. The summed E-state index contributed by atoms with van der Waals surface area (Å²) in [5.41, 5.74) is 8.98. The molecule has 29 heteroatoms. The quantitative estimate of drug-likeness (QED) is 0.0116. The fourth-order valence-corrected chi connectivity index (χ4v) is 22.5. The zero-order chi connectivity index (χ0) is 95.9. The van der Waals surface area contributed by atoms with Gasteiger partial charge in [0.25, 0.3) is 0 Å². The molecular formula is C104H151FO28. The molecule has 4 fully saturated rings. The number of unbranched alkanes of at least 4 members (excludes halogenated alkanes) is 8. The lowest BCUT2D eigenvalue weighted by Gasteiger charge is -2.32. The van der Waals surface area contributed by atoms with Crippen molar-refractivity contribution in [3.63, 3.8) is 0 Å². The van der Waals surface area contributed by atoms with Crippen LogP contribution in [0.4, 0.5) is 18.8 Å².